The summed E-state index contributed by atoms with van der Waals surface area (Å²) in [4.78, 5) is 15.4. The molecule has 0 aliphatic rings. The van der Waals surface area contributed by atoms with E-state index in [4.69, 9.17) is 16.3 Å². The first-order chi connectivity index (χ1) is 12.2. The number of methoxy groups -OCH3 is 2. The van der Waals surface area contributed by atoms with E-state index in [1.807, 2.05) is 13.8 Å². The maximum atomic E-state index is 14.2. The van der Waals surface area contributed by atoms with Crippen molar-refractivity contribution in [3.05, 3.63) is 46.4 Å². The summed E-state index contributed by atoms with van der Waals surface area (Å²) in [6.45, 7) is 4.00. The lowest BCUT2D eigenvalue weighted by atomic mass is 10.1. The van der Waals surface area contributed by atoms with Crippen molar-refractivity contribution in [1.29, 1.82) is 0 Å². The summed E-state index contributed by atoms with van der Waals surface area (Å²) in [5, 5.41) is -0.283. The van der Waals surface area contributed by atoms with Crippen molar-refractivity contribution in [2.24, 2.45) is 0 Å². The molecule has 0 aliphatic carbocycles. The van der Waals surface area contributed by atoms with Crippen LogP contribution in [-0.2, 0) is 10.9 Å². The van der Waals surface area contributed by atoms with E-state index >= 15 is 0 Å². The first-order valence-corrected chi connectivity index (χ1v) is 7.76. The lowest BCUT2D eigenvalue weighted by Crippen LogP contribution is -2.08. The van der Waals surface area contributed by atoms with Crippen LogP contribution < -0.4 is 4.74 Å². The number of carbonyl (C=O) groups excluding carboxylic acids is 1. The fourth-order valence-corrected chi connectivity index (χ4v) is 2.17. The van der Waals surface area contributed by atoms with E-state index in [-0.39, 0.29) is 27.7 Å². The fourth-order valence-electron chi connectivity index (χ4n) is 1.96. The number of halogens is 5. The molecule has 0 N–H and O–H groups in total. The van der Waals surface area contributed by atoms with Crippen molar-refractivity contribution in [3.63, 3.8) is 0 Å². The van der Waals surface area contributed by atoms with Gasteiger partial charge < -0.3 is 9.47 Å². The highest BCUT2D eigenvalue weighted by Crippen LogP contribution is 2.37. The van der Waals surface area contributed by atoms with Crippen LogP contribution in [0.25, 0.3) is 11.3 Å². The number of aromatic nitrogens is 1. The molecule has 1 aromatic carbocycles. The van der Waals surface area contributed by atoms with E-state index in [1.165, 1.54) is 0 Å². The highest BCUT2D eigenvalue weighted by Gasteiger charge is 2.32. The molecule has 4 nitrogen and oxygen atoms in total. The Kier molecular flexibility index (Phi) is 7.38. The quantitative estimate of drug-likeness (QED) is 0.519. The minimum Gasteiger partial charge on any atom is -0.496 e. The zero-order valence-corrected chi connectivity index (χ0v) is 15.1. The van der Waals surface area contributed by atoms with Crippen molar-refractivity contribution < 1.29 is 31.8 Å². The van der Waals surface area contributed by atoms with Crippen LogP contribution in [0, 0.1) is 5.82 Å². The van der Waals surface area contributed by atoms with Gasteiger partial charge in [0.05, 0.1) is 24.8 Å². The molecular formula is C17H16ClF4NO3. The summed E-state index contributed by atoms with van der Waals surface area (Å²) in [6, 6.07) is 3.30. The molecule has 1 aromatic heterocycles. The molecule has 0 atom stereocenters. The molecule has 0 spiro atoms. The van der Waals surface area contributed by atoms with Gasteiger partial charge in [0.2, 0.25) is 0 Å². The van der Waals surface area contributed by atoms with E-state index in [1.54, 1.807) is 0 Å². The first-order valence-electron chi connectivity index (χ1n) is 7.39. The van der Waals surface area contributed by atoms with Crippen molar-refractivity contribution in [1.82, 2.24) is 4.98 Å². The van der Waals surface area contributed by atoms with Crippen molar-refractivity contribution in [2.45, 2.75) is 20.0 Å². The zero-order valence-electron chi connectivity index (χ0n) is 14.4. The first kappa shape index (κ1) is 21.7. The Hall–Kier alpha value is -2.35. The minimum atomic E-state index is -4.59. The number of carbonyl (C=O) groups is 1. The Morgan fingerprint density at radius 3 is 2.27 bits per heavy atom. The van der Waals surface area contributed by atoms with E-state index < -0.39 is 23.5 Å². The Balaban J connectivity index is 0.00000163. The van der Waals surface area contributed by atoms with Crippen LogP contribution in [0.5, 0.6) is 5.75 Å². The van der Waals surface area contributed by atoms with Gasteiger partial charge in [0, 0.05) is 5.56 Å². The van der Waals surface area contributed by atoms with Gasteiger partial charge >= 0.3 is 12.1 Å². The van der Waals surface area contributed by atoms with Gasteiger partial charge in [-0.15, -0.1) is 0 Å². The predicted octanol–water partition coefficient (Wildman–Crippen LogP) is 5.38. The van der Waals surface area contributed by atoms with Crippen LogP contribution in [0.4, 0.5) is 17.6 Å². The van der Waals surface area contributed by atoms with Crippen LogP contribution in [0.15, 0.2) is 24.3 Å². The average Bonchev–Trinajstić information content (AvgIpc) is 2.61. The molecule has 0 fully saturated rings. The summed E-state index contributed by atoms with van der Waals surface area (Å²) in [5.41, 5.74) is -1.78. The second-order valence-electron chi connectivity index (χ2n) is 4.55. The molecule has 0 saturated heterocycles. The largest absolute Gasteiger partial charge is 0.496 e. The molecule has 1 heterocycles. The molecule has 142 valence electrons. The van der Waals surface area contributed by atoms with Crippen molar-refractivity contribution in [2.75, 3.05) is 14.2 Å². The molecule has 0 saturated carbocycles. The smallest absolute Gasteiger partial charge is 0.416 e. The summed E-state index contributed by atoms with van der Waals surface area (Å²) in [5.74, 6) is -2.09. The fraction of sp³-hybridized carbons (Fsp3) is 0.294. The number of alkyl halides is 3. The van der Waals surface area contributed by atoms with Gasteiger partial charge in [-0.05, 0) is 24.3 Å². The second-order valence-corrected chi connectivity index (χ2v) is 4.96. The number of hydrogen-bond donors (Lipinski definition) is 0. The topological polar surface area (TPSA) is 48.4 Å². The molecule has 2 rings (SSSR count). The summed E-state index contributed by atoms with van der Waals surface area (Å²) >= 11 is 5.74. The maximum absolute atomic E-state index is 14.2. The lowest BCUT2D eigenvalue weighted by Gasteiger charge is -2.13. The number of nitrogens with zero attached hydrogens (tertiary/aromatic N) is 1. The molecular weight excluding hydrogens is 378 g/mol. The van der Waals surface area contributed by atoms with E-state index in [9.17, 15) is 22.4 Å². The third-order valence-electron chi connectivity index (χ3n) is 3.09. The van der Waals surface area contributed by atoms with E-state index in [0.29, 0.717) is 6.07 Å². The number of rotatable bonds is 3. The summed E-state index contributed by atoms with van der Waals surface area (Å²) in [6.07, 6.45) is -4.59. The third-order valence-corrected chi connectivity index (χ3v) is 3.38. The maximum Gasteiger partial charge on any atom is 0.416 e. The molecule has 2 aromatic rings. The summed E-state index contributed by atoms with van der Waals surface area (Å²) in [7, 11) is 2.22. The van der Waals surface area contributed by atoms with Gasteiger partial charge in [-0.25, -0.2) is 14.2 Å². The van der Waals surface area contributed by atoms with Crippen LogP contribution in [0.1, 0.15) is 29.9 Å². The molecule has 0 amide bonds. The standard InChI is InChI=1S/C15H10ClF4NO3.C2H6/c1-23-11-5-7(15(18,19)20)3-4-8(11)12-10(17)6-9(16)13(21-12)14(22)24-2;1-2/h3-6H,1-2H3;1-2H3. The molecule has 26 heavy (non-hydrogen) atoms. The van der Waals surface area contributed by atoms with E-state index in [0.717, 1.165) is 32.4 Å². The monoisotopic (exact) mass is 393 g/mol. The zero-order chi connectivity index (χ0) is 20.1. The van der Waals surface area contributed by atoms with Gasteiger partial charge in [-0.2, -0.15) is 13.2 Å². The highest BCUT2D eigenvalue weighted by atomic mass is 35.5. The molecule has 0 unspecified atom stereocenters. The second kappa shape index (κ2) is 8.84. The Bertz CT molecular complexity index is 794. The Labute approximate surface area is 152 Å². The van der Waals surface area contributed by atoms with Gasteiger partial charge in [0.15, 0.2) is 11.5 Å². The van der Waals surface area contributed by atoms with Gasteiger partial charge in [0.1, 0.15) is 11.4 Å². The van der Waals surface area contributed by atoms with Crippen LogP contribution in [0.2, 0.25) is 5.02 Å². The Morgan fingerprint density at radius 1 is 1.15 bits per heavy atom. The predicted molar refractivity (Wildman–Crippen MR) is 88.9 cm³/mol. The number of pyridine rings is 1. The minimum absolute atomic E-state index is 0.0650. The van der Waals surface area contributed by atoms with Crippen LogP contribution >= 0.6 is 11.6 Å². The van der Waals surface area contributed by atoms with Crippen LogP contribution in [0.3, 0.4) is 0 Å². The van der Waals surface area contributed by atoms with Crippen molar-refractivity contribution >= 4 is 17.6 Å². The van der Waals surface area contributed by atoms with Gasteiger partial charge in [-0.3, -0.25) is 0 Å². The van der Waals surface area contributed by atoms with Crippen LogP contribution in [-0.4, -0.2) is 25.2 Å². The number of hydrogen-bond acceptors (Lipinski definition) is 4. The number of ether oxygens (including phenoxy) is 2. The SMILES string of the molecule is CC.COC(=O)c1nc(-c2ccc(C(F)(F)F)cc2OC)c(F)cc1Cl. The number of esters is 1. The Morgan fingerprint density at radius 2 is 1.77 bits per heavy atom. The molecule has 0 radical (unpaired) electrons. The van der Waals surface area contributed by atoms with Gasteiger partial charge in [-0.1, -0.05) is 25.4 Å². The van der Waals surface area contributed by atoms with Crippen molar-refractivity contribution in [3.8, 4) is 17.0 Å². The highest BCUT2D eigenvalue weighted by molar-refractivity contribution is 6.33. The molecule has 0 bridgehead atoms. The number of benzene rings is 1. The lowest BCUT2D eigenvalue weighted by molar-refractivity contribution is -0.137. The van der Waals surface area contributed by atoms with Gasteiger partial charge in [0.25, 0.3) is 0 Å². The summed E-state index contributed by atoms with van der Waals surface area (Å²) < 4.78 is 61.8. The normalized spacial score (nSPS) is 10.7. The third kappa shape index (κ3) is 4.63. The van der Waals surface area contributed by atoms with E-state index in [2.05, 4.69) is 9.72 Å². The molecule has 0 aliphatic heterocycles. The molecule has 9 heteroatoms. The average molecular weight is 394 g/mol.